The second-order valence-electron chi connectivity index (χ2n) is 5.69. The molecule has 6 nitrogen and oxygen atoms in total. The van der Waals surface area contributed by atoms with Crippen LogP contribution in [0, 0.1) is 6.92 Å². The summed E-state index contributed by atoms with van der Waals surface area (Å²) in [6.45, 7) is 3.20. The molecular formula is C18H16ClNO5S. The molecule has 0 spiro atoms. The van der Waals surface area contributed by atoms with Crippen molar-refractivity contribution in [1.29, 1.82) is 0 Å². The molecule has 1 aromatic carbocycles. The van der Waals surface area contributed by atoms with Crippen LogP contribution in [-0.4, -0.2) is 25.3 Å². The van der Waals surface area contributed by atoms with Crippen molar-refractivity contribution in [2.24, 2.45) is 0 Å². The normalized spacial score (nSPS) is 11.5. The Hall–Kier alpha value is -2.51. The third kappa shape index (κ3) is 3.04. The van der Waals surface area contributed by atoms with E-state index in [0.717, 1.165) is 9.54 Å². The fourth-order valence-corrected chi connectivity index (χ4v) is 4.18. The second kappa shape index (κ2) is 6.66. The first-order valence-corrected chi connectivity index (χ1v) is 9.45. The van der Waals surface area contributed by atoms with Gasteiger partial charge in [-0.15, -0.1) is 0 Å². The van der Waals surface area contributed by atoms with Gasteiger partial charge in [-0.3, -0.25) is 4.79 Å². The number of hydrogen-bond acceptors (Lipinski definition) is 5. The van der Waals surface area contributed by atoms with Gasteiger partial charge in [0.05, 0.1) is 17.0 Å². The van der Waals surface area contributed by atoms with Crippen molar-refractivity contribution in [3.05, 3.63) is 58.9 Å². The molecule has 3 aromatic rings. The highest BCUT2D eigenvalue weighted by atomic mass is 35.5. The molecule has 3 rings (SSSR count). The smallest absolute Gasteiger partial charge is 0.268 e. The summed E-state index contributed by atoms with van der Waals surface area (Å²) in [5.41, 5.74) is 1.06. The van der Waals surface area contributed by atoms with Gasteiger partial charge in [-0.1, -0.05) is 29.3 Å². The highest BCUT2D eigenvalue weighted by Gasteiger charge is 2.26. The summed E-state index contributed by atoms with van der Waals surface area (Å²) in [5.74, 6) is -0.00967. The van der Waals surface area contributed by atoms with E-state index < -0.39 is 10.0 Å². The van der Waals surface area contributed by atoms with Crippen LogP contribution in [0.15, 0.2) is 51.9 Å². The van der Waals surface area contributed by atoms with Crippen molar-refractivity contribution >= 4 is 27.4 Å². The number of nitrogens with zero attached hydrogens (tertiary/aromatic N) is 1. The van der Waals surface area contributed by atoms with Crippen LogP contribution in [0.25, 0.3) is 11.5 Å². The number of Topliss-reactive ketones (excluding diaryl/α,β-unsaturated/α-hetero) is 1. The highest BCUT2D eigenvalue weighted by molar-refractivity contribution is 7.90. The molecule has 0 aliphatic carbocycles. The molecule has 0 saturated heterocycles. The number of furan rings is 1. The van der Waals surface area contributed by atoms with E-state index in [1.165, 1.54) is 44.5 Å². The van der Waals surface area contributed by atoms with Crippen molar-refractivity contribution in [1.82, 2.24) is 3.97 Å². The van der Waals surface area contributed by atoms with Gasteiger partial charge in [-0.2, -0.15) is 0 Å². The van der Waals surface area contributed by atoms with E-state index in [9.17, 15) is 13.2 Å². The van der Waals surface area contributed by atoms with Crippen LogP contribution in [0.2, 0.25) is 5.02 Å². The lowest BCUT2D eigenvalue weighted by Crippen LogP contribution is -2.13. The molecule has 0 amide bonds. The summed E-state index contributed by atoms with van der Waals surface area (Å²) in [7, 11) is -2.50. The number of halogens is 1. The van der Waals surface area contributed by atoms with Crippen LogP contribution in [-0.2, 0) is 10.0 Å². The monoisotopic (exact) mass is 393 g/mol. The Bertz CT molecular complexity index is 1080. The van der Waals surface area contributed by atoms with Gasteiger partial charge in [0.2, 0.25) is 5.76 Å². The first kappa shape index (κ1) is 18.3. The minimum atomic E-state index is -3.90. The van der Waals surface area contributed by atoms with Crippen LogP contribution in [0.5, 0.6) is 5.75 Å². The average Bonchev–Trinajstić information content (AvgIpc) is 3.18. The van der Waals surface area contributed by atoms with E-state index in [2.05, 4.69) is 0 Å². The molecule has 0 aliphatic heterocycles. The maximum absolute atomic E-state index is 13.0. The number of ketones is 1. The quantitative estimate of drug-likeness (QED) is 0.608. The number of carbonyl (C=O) groups is 1. The van der Waals surface area contributed by atoms with E-state index in [-0.39, 0.29) is 38.7 Å². The maximum atomic E-state index is 13.0. The fraction of sp³-hybridized carbons (Fsp3) is 0.167. The SMILES string of the molecule is COc1cc(-c2c(Cl)ccn2S(=O)(=O)c2ccc(C)cc2)oc1C(C)=O. The predicted molar refractivity (Wildman–Crippen MR) is 97.5 cm³/mol. The maximum Gasteiger partial charge on any atom is 0.268 e. The van der Waals surface area contributed by atoms with Crippen LogP contribution < -0.4 is 4.74 Å². The molecule has 0 unspecified atom stereocenters. The molecule has 0 radical (unpaired) electrons. The Kier molecular flexibility index (Phi) is 4.68. The number of aromatic nitrogens is 1. The van der Waals surface area contributed by atoms with E-state index in [4.69, 9.17) is 20.8 Å². The van der Waals surface area contributed by atoms with Gasteiger partial charge < -0.3 is 9.15 Å². The van der Waals surface area contributed by atoms with Crippen molar-refractivity contribution in [2.45, 2.75) is 18.7 Å². The third-order valence-electron chi connectivity index (χ3n) is 3.85. The summed E-state index contributed by atoms with van der Waals surface area (Å²) in [6, 6.07) is 9.35. The summed E-state index contributed by atoms with van der Waals surface area (Å²) >= 11 is 6.21. The number of hydrogen-bond donors (Lipinski definition) is 0. The molecule has 8 heteroatoms. The standard InChI is InChI=1S/C18H16ClNO5S/c1-11-4-6-13(7-5-11)26(22,23)20-9-8-14(19)17(20)15-10-16(24-3)18(25-15)12(2)21/h4-10H,1-3H3. The van der Waals surface area contributed by atoms with Crippen LogP contribution in [0.3, 0.4) is 0 Å². The lowest BCUT2D eigenvalue weighted by Gasteiger charge is -2.10. The first-order valence-electron chi connectivity index (χ1n) is 7.64. The minimum Gasteiger partial charge on any atom is -0.493 e. The molecule has 0 bridgehead atoms. The van der Waals surface area contributed by atoms with Crippen molar-refractivity contribution < 1.29 is 22.4 Å². The number of methoxy groups -OCH3 is 1. The van der Waals surface area contributed by atoms with Crippen LogP contribution >= 0.6 is 11.6 Å². The zero-order valence-corrected chi connectivity index (χ0v) is 15.9. The summed E-state index contributed by atoms with van der Waals surface area (Å²) in [5, 5.41) is 0.173. The predicted octanol–water partition coefficient (Wildman–Crippen LogP) is 4.16. The number of aryl methyl sites for hydroxylation is 1. The van der Waals surface area contributed by atoms with Gasteiger partial charge in [0.1, 0.15) is 5.69 Å². The Labute approximate surface area is 156 Å². The fourth-order valence-electron chi connectivity index (χ4n) is 2.53. The largest absolute Gasteiger partial charge is 0.493 e. The van der Waals surface area contributed by atoms with Gasteiger partial charge in [0, 0.05) is 19.2 Å². The van der Waals surface area contributed by atoms with Crippen molar-refractivity contribution in [2.75, 3.05) is 7.11 Å². The number of carbonyl (C=O) groups excluding carboxylic acids is 1. The van der Waals surface area contributed by atoms with Crippen molar-refractivity contribution in [3.63, 3.8) is 0 Å². The van der Waals surface area contributed by atoms with E-state index in [1.807, 2.05) is 6.92 Å². The van der Waals surface area contributed by atoms with Gasteiger partial charge >= 0.3 is 0 Å². The summed E-state index contributed by atoms with van der Waals surface area (Å²) < 4.78 is 37.7. The lowest BCUT2D eigenvalue weighted by molar-refractivity contribution is 0.0984. The van der Waals surface area contributed by atoms with Gasteiger partial charge in [0.25, 0.3) is 10.0 Å². The topological polar surface area (TPSA) is 78.5 Å². The number of rotatable bonds is 5. The zero-order valence-electron chi connectivity index (χ0n) is 14.3. The van der Waals surface area contributed by atoms with Crippen LogP contribution in [0.1, 0.15) is 23.0 Å². The van der Waals surface area contributed by atoms with Crippen LogP contribution in [0.4, 0.5) is 0 Å². The van der Waals surface area contributed by atoms with Gasteiger partial charge in [-0.25, -0.2) is 12.4 Å². The summed E-state index contributed by atoms with van der Waals surface area (Å²) in [4.78, 5) is 11.8. The molecule has 0 saturated carbocycles. The lowest BCUT2D eigenvalue weighted by atomic mass is 10.2. The molecule has 0 fully saturated rings. The highest BCUT2D eigenvalue weighted by Crippen LogP contribution is 2.37. The molecule has 0 N–H and O–H groups in total. The molecular weight excluding hydrogens is 378 g/mol. The third-order valence-corrected chi connectivity index (χ3v) is 5.85. The molecule has 2 aromatic heterocycles. The zero-order chi connectivity index (χ0) is 19.1. The molecule has 0 aliphatic rings. The second-order valence-corrected chi connectivity index (χ2v) is 7.91. The van der Waals surface area contributed by atoms with E-state index >= 15 is 0 Å². The van der Waals surface area contributed by atoms with Gasteiger partial charge in [0.15, 0.2) is 17.3 Å². The minimum absolute atomic E-state index is 0.000879. The molecule has 136 valence electrons. The van der Waals surface area contributed by atoms with Crippen molar-refractivity contribution in [3.8, 4) is 17.2 Å². The summed E-state index contributed by atoms with van der Waals surface area (Å²) in [6.07, 6.45) is 1.34. The van der Waals surface area contributed by atoms with E-state index in [0.29, 0.717) is 0 Å². The molecule has 0 atom stereocenters. The first-order chi connectivity index (χ1) is 12.3. The Morgan fingerprint density at radius 2 is 1.85 bits per heavy atom. The van der Waals surface area contributed by atoms with E-state index in [1.54, 1.807) is 12.1 Å². The Morgan fingerprint density at radius 1 is 1.19 bits per heavy atom. The molecule has 26 heavy (non-hydrogen) atoms. The molecule has 2 heterocycles. The Balaban J connectivity index is 2.19. The Morgan fingerprint density at radius 3 is 2.38 bits per heavy atom. The number of ether oxygens (including phenoxy) is 1. The number of benzene rings is 1. The van der Waals surface area contributed by atoms with Gasteiger partial charge in [-0.05, 0) is 25.1 Å². The average molecular weight is 394 g/mol.